The average molecular weight is 169 g/mol. The van der Waals surface area contributed by atoms with E-state index in [0.29, 0.717) is 6.61 Å². The lowest BCUT2D eigenvalue weighted by molar-refractivity contribution is 0.378. The third-order valence-corrected chi connectivity index (χ3v) is 2.12. The first kappa shape index (κ1) is 7.14. The molecule has 0 spiro atoms. The van der Waals surface area contributed by atoms with Gasteiger partial charge in [-0.15, -0.1) is 0 Å². The molecule has 0 radical (unpaired) electrons. The summed E-state index contributed by atoms with van der Waals surface area (Å²) in [6.45, 7) is 0.684. The quantitative estimate of drug-likeness (QED) is 0.487. The van der Waals surface area contributed by atoms with Crippen molar-refractivity contribution >= 4 is 11.6 Å². The van der Waals surface area contributed by atoms with Crippen LogP contribution in [0.15, 0.2) is 30.3 Å². The molecule has 2 heteroatoms. The minimum atomic E-state index is -0.374. The van der Waals surface area contributed by atoms with Gasteiger partial charge in [0, 0.05) is 6.42 Å². The smallest absolute Gasteiger partial charge is 0.169 e. The molecule has 0 aromatic heterocycles. The highest BCUT2D eigenvalue weighted by Crippen LogP contribution is 2.35. The molecule has 11 heavy (non-hydrogen) atoms. The molecule has 0 aliphatic carbocycles. The van der Waals surface area contributed by atoms with Gasteiger partial charge in [0.15, 0.2) is 5.06 Å². The van der Waals surface area contributed by atoms with Crippen LogP contribution in [0.1, 0.15) is 5.56 Å². The van der Waals surface area contributed by atoms with Gasteiger partial charge in [-0.2, -0.15) is 0 Å². The van der Waals surface area contributed by atoms with Crippen LogP contribution in [-0.4, -0.2) is 11.7 Å². The maximum atomic E-state index is 5.96. The largest absolute Gasteiger partial charge is 0.353 e. The molecule has 1 aliphatic rings. The Bertz CT molecular complexity index is 241. The van der Waals surface area contributed by atoms with E-state index in [2.05, 4.69) is 12.1 Å². The van der Waals surface area contributed by atoms with Crippen molar-refractivity contribution in [2.45, 2.75) is 11.5 Å². The minimum Gasteiger partial charge on any atom is -0.353 e. The summed E-state index contributed by atoms with van der Waals surface area (Å²) in [6.07, 6.45) is 0.815. The van der Waals surface area contributed by atoms with Crippen LogP contribution in [0.5, 0.6) is 0 Å². The van der Waals surface area contributed by atoms with Crippen molar-refractivity contribution in [3.05, 3.63) is 35.9 Å². The van der Waals surface area contributed by atoms with E-state index in [9.17, 15) is 0 Å². The third kappa shape index (κ3) is 1.73. The molecule has 1 aromatic carbocycles. The molecular weight excluding hydrogens is 160 g/mol. The molecular formula is C9H9ClO. The monoisotopic (exact) mass is 168 g/mol. The Morgan fingerprint density at radius 1 is 1.36 bits per heavy atom. The van der Waals surface area contributed by atoms with E-state index in [1.165, 1.54) is 5.56 Å². The number of benzene rings is 1. The van der Waals surface area contributed by atoms with Gasteiger partial charge in [0.25, 0.3) is 0 Å². The molecule has 0 bridgehead atoms. The predicted octanol–water partition coefficient (Wildman–Crippen LogP) is 2.19. The Hall–Kier alpha value is -0.530. The van der Waals surface area contributed by atoms with E-state index in [1.54, 1.807) is 0 Å². The highest BCUT2D eigenvalue weighted by molar-refractivity contribution is 6.24. The van der Waals surface area contributed by atoms with Crippen LogP contribution in [-0.2, 0) is 11.2 Å². The van der Waals surface area contributed by atoms with Crippen molar-refractivity contribution in [1.29, 1.82) is 0 Å². The SMILES string of the molecule is ClC1(Cc2ccccc2)CO1. The number of halogens is 1. The first-order chi connectivity index (χ1) is 5.29. The standard InChI is InChI=1S/C9H9ClO/c10-9(7-11-9)6-8-4-2-1-3-5-8/h1-5H,6-7H2. The van der Waals surface area contributed by atoms with Gasteiger partial charge in [-0.05, 0) is 5.56 Å². The Balaban J connectivity index is 2.07. The first-order valence-corrected chi connectivity index (χ1v) is 4.03. The molecule has 1 fully saturated rings. The van der Waals surface area contributed by atoms with Gasteiger partial charge in [0.2, 0.25) is 0 Å². The lowest BCUT2D eigenvalue weighted by atomic mass is 10.1. The van der Waals surface area contributed by atoms with Gasteiger partial charge in [-0.25, -0.2) is 0 Å². The Morgan fingerprint density at radius 2 is 2.00 bits per heavy atom. The number of alkyl halides is 1. The van der Waals surface area contributed by atoms with E-state index in [-0.39, 0.29) is 5.06 Å². The Kier molecular flexibility index (Phi) is 1.63. The van der Waals surface area contributed by atoms with Crippen molar-refractivity contribution in [1.82, 2.24) is 0 Å². The molecule has 1 aromatic rings. The zero-order valence-corrected chi connectivity index (χ0v) is 6.84. The highest BCUT2D eigenvalue weighted by Gasteiger charge is 2.42. The lowest BCUT2D eigenvalue weighted by Gasteiger charge is -2.01. The summed E-state index contributed by atoms with van der Waals surface area (Å²) in [5, 5.41) is -0.374. The van der Waals surface area contributed by atoms with E-state index in [0.717, 1.165) is 6.42 Å². The predicted molar refractivity (Wildman–Crippen MR) is 44.7 cm³/mol. The Labute approximate surface area is 70.9 Å². The molecule has 1 saturated heterocycles. The molecule has 1 unspecified atom stereocenters. The third-order valence-electron chi connectivity index (χ3n) is 1.77. The summed E-state index contributed by atoms with van der Waals surface area (Å²) >= 11 is 5.96. The number of rotatable bonds is 2. The topological polar surface area (TPSA) is 12.5 Å². The number of hydrogen-bond acceptors (Lipinski definition) is 1. The summed E-state index contributed by atoms with van der Waals surface area (Å²) in [7, 11) is 0. The van der Waals surface area contributed by atoms with Crippen molar-refractivity contribution in [2.24, 2.45) is 0 Å². The van der Waals surface area contributed by atoms with Crippen LogP contribution in [0, 0.1) is 0 Å². The maximum absolute atomic E-state index is 5.96. The minimum absolute atomic E-state index is 0.374. The fraction of sp³-hybridized carbons (Fsp3) is 0.333. The van der Waals surface area contributed by atoms with Gasteiger partial charge >= 0.3 is 0 Å². The van der Waals surface area contributed by atoms with Gasteiger partial charge in [-0.1, -0.05) is 41.9 Å². The van der Waals surface area contributed by atoms with Crippen LogP contribution in [0.4, 0.5) is 0 Å². The van der Waals surface area contributed by atoms with Crippen LogP contribution < -0.4 is 0 Å². The molecule has 1 atom stereocenters. The molecule has 1 heterocycles. The van der Waals surface area contributed by atoms with Crippen molar-refractivity contribution in [3.8, 4) is 0 Å². The van der Waals surface area contributed by atoms with Gasteiger partial charge in [0.05, 0.1) is 6.61 Å². The van der Waals surface area contributed by atoms with Crippen molar-refractivity contribution in [3.63, 3.8) is 0 Å². The molecule has 1 nitrogen and oxygen atoms in total. The Morgan fingerprint density at radius 3 is 2.55 bits per heavy atom. The second kappa shape index (κ2) is 2.50. The van der Waals surface area contributed by atoms with Crippen molar-refractivity contribution in [2.75, 3.05) is 6.61 Å². The zero-order valence-electron chi connectivity index (χ0n) is 6.09. The van der Waals surface area contributed by atoms with Crippen LogP contribution >= 0.6 is 11.6 Å². The summed E-state index contributed by atoms with van der Waals surface area (Å²) in [5.41, 5.74) is 1.24. The van der Waals surface area contributed by atoms with E-state index in [1.807, 2.05) is 18.2 Å². The van der Waals surface area contributed by atoms with Crippen LogP contribution in [0.25, 0.3) is 0 Å². The van der Waals surface area contributed by atoms with E-state index < -0.39 is 0 Å². The van der Waals surface area contributed by atoms with E-state index in [4.69, 9.17) is 16.3 Å². The van der Waals surface area contributed by atoms with Crippen molar-refractivity contribution < 1.29 is 4.74 Å². The fourth-order valence-electron chi connectivity index (χ4n) is 1.08. The number of ether oxygens (including phenoxy) is 1. The molecule has 58 valence electrons. The highest BCUT2D eigenvalue weighted by atomic mass is 35.5. The van der Waals surface area contributed by atoms with Crippen LogP contribution in [0.3, 0.4) is 0 Å². The lowest BCUT2D eigenvalue weighted by Crippen LogP contribution is -2.04. The summed E-state index contributed by atoms with van der Waals surface area (Å²) in [4.78, 5) is 0. The number of hydrogen-bond donors (Lipinski definition) is 0. The van der Waals surface area contributed by atoms with Crippen LogP contribution in [0.2, 0.25) is 0 Å². The average Bonchev–Trinajstić information content (AvgIpc) is 2.70. The molecule has 0 saturated carbocycles. The number of epoxide rings is 1. The normalized spacial score (nSPS) is 28.5. The molecule has 0 amide bonds. The molecule has 1 aliphatic heterocycles. The molecule has 0 N–H and O–H groups in total. The molecule has 2 rings (SSSR count). The maximum Gasteiger partial charge on any atom is 0.169 e. The summed E-state index contributed by atoms with van der Waals surface area (Å²) in [6, 6.07) is 10.1. The second-order valence-corrected chi connectivity index (χ2v) is 3.52. The second-order valence-electron chi connectivity index (χ2n) is 2.83. The zero-order chi connectivity index (χ0) is 7.73. The van der Waals surface area contributed by atoms with Gasteiger partial charge in [-0.3, -0.25) is 0 Å². The fourth-order valence-corrected chi connectivity index (χ4v) is 1.29. The van der Waals surface area contributed by atoms with Gasteiger partial charge in [0.1, 0.15) is 0 Å². The van der Waals surface area contributed by atoms with Gasteiger partial charge < -0.3 is 4.74 Å². The van der Waals surface area contributed by atoms with E-state index >= 15 is 0 Å². The summed E-state index contributed by atoms with van der Waals surface area (Å²) < 4.78 is 5.07. The summed E-state index contributed by atoms with van der Waals surface area (Å²) in [5.74, 6) is 0. The first-order valence-electron chi connectivity index (χ1n) is 3.65.